The summed E-state index contributed by atoms with van der Waals surface area (Å²) in [5.41, 5.74) is 3.48. The second-order valence-corrected chi connectivity index (χ2v) is 9.97. The van der Waals surface area contributed by atoms with E-state index in [0.717, 1.165) is 29.1 Å². The van der Waals surface area contributed by atoms with Crippen molar-refractivity contribution in [3.63, 3.8) is 0 Å². The normalized spacial score (nSPS) is 12.4. The molecule has 182 valence electrons. The minimum atomic E-state index is -0.422. The Labute approximate surface area is 206 Å². The molecule has 0 unspecified atom stereocenters. The van der Waals surface area contributed by atoms with Gasteiger partial charge in [-0.25, -0.2) is 4.98 Å². The highest BCUT2D eigenvalue weighted by atomic mass is 35.5. The zero-order chi connectivity index (χ0) is 24.9. The fourth-order valence-electron chi connectivity index (χ4n) is 3.57. The summed E-state index contributed by atoms with van der Waals surface area (Å²) in [6.07, 6.45) is 3.44. The van der Waals surface area contributed by atoms with Gasteiger partial charge < -0.3 is 19.7 Å². The van der Waals surface area contributed by atoms with Crippen LogP contribution in [0.15, 0.2) is 48.7 Å². The molecule has 0 fully saturated rings. The number of nitrogens with zero attached hydrogens (tertiary/aromatic N) is 2. The predicted octanol–water partition coefficient (Wildman–Crippen LogP) is 5.16. The number of amides is 1. The number of imidazole rings is 1. The van der Waals surface area contributed by atoms with Gasteiger partial charge in [-0.05, 0) is 36.6 Å². The molecule has 0 aliphatic heterocycles. The van der Waals surface area contributed by atoms with Crippen LogP contribution < -0.4 is 10.1 Å². The van der Waals surface area contributed by atoms with E-state index in [-0.39, 0.29) is 17.9 Å². The number of hydrogen-bond donors (Lipinski definition) is 2. The summed E-state index contributed by atoms with van der Waals surface area (Å²) < 4.78 is 7.60. The molecule has 0 aliphatic rings. The zero-order valence-corrected chi connectivity index (χ0v) is 21.3. The van der Waals surface area contributed by atoms with Crippen molar-refractivity contribution in [2.24, 2.45) is 7.05 Å². The van der Waals surface area contributed by atoms with E-state index < -0.39 is 6.04 Å². The first-order chi connectivity index (χ1) is 16.1. The maximum Gasteiger partial charge on any atom is 0.251 e. The predicted molar refractivity (Wildman–Crippen MR) is 137 cm³/mol. The van der Waals surface area contributed by atoms with Crippen molar-refractivity contribution < 1.29 is 14.6 Å². The number of aryl methyl sites for hydroxylation is 1. The molecule has 1 atom stereocenters. The van der Waals surface area contributed by atoms with Crippen molar-refractivity contribution >= 4 is 17.5 Å². The number of rotatable bonds is 9. The summed E-state index contributed by atoms with van der Waals surface area (Å²) in [6, 6.07) is 12.6. The van der Waals surface area contributed by atoms with Crippen LogP contribution in [0, 0.1) is 0 Å². The number of benzene rings is 2. The molecular weight excluding hydrogens is 450 g/mol. The smallest absolute Gasteiger partial charge is 0.251 e. The van der Waals surface area contributed by atoms with E-state index in [1.807, 2.05) is 42.8 Å². The third kappa shape index (κ3) is 6.39. The van der Waals surface area contributed by atoms with Gasteiger partial charge in [0.1, 0.15) is 11.6 Å². The fourth-order valence-corrected chi connectivity index (χ4v) is 3.81. The molecule has 2 aromatic carbocycles. The second-order valence-electron chi connectivity index (χ2n) is 9.56. The van der Waals surface area contributed by atoms with Crippen LogP contribution in [0.25, 0.3) is 11.4 Å². The van der Waals surface area contributed by atoms with Crippen molar-refractivity contribution in [2.75, 3.05) is 13.2 Å². The number of nitrogens with one attached hydrogen (secondary N) is 1. The number of ether oxygens (including phenoxy) is 1. The highest BCUT2D eigenvalue weighted by molar-refractivity contribution is 6.32. The lowest BCUT2D eigenvalue weighted by atomic mass is 9.93. The molecule has 0 bridgehead atoms. The van der Waals surface area contributed by atoms with Gasteiger partial charge in [-0.15, -0.1) is 0 Å². The molecule has 34 heavy (non-hydrogen) atoms. The summed E-state index contributed by atoms with van der Waals surface area (Å²) in [4.78, 5) is 17.5. The monoisotopic (exact) mass is 483 g/mol. The Morgan fingerprint density at radius 2 is 1.91 bits per heavy atom. The van der Waals surface area contributed by atoms with Crippen LogP contribution in [-0.4, -0.2) is 39.8 Å². The minimum absolute atomic E-state index is 0.0183. The summed E-state index contributed by atoms with van der Waals surface area (Å²) in [5, 5.41) is 13.1. The number of carbonyl (C=O) groups is 1. The largest absolute Gasteiger partial charge is 0.492 e. The SMILES string of the molecule is CCCOc1ccc(C(=O)N[C@H](CO)Cc2ccc(-c3nc(C(C)(C)C)cn3C)cc2)cc1Cl. The summed E-state index contributed by atoms with van der Waals surface area (Å²) in [7, 11) is 2.00. The molecule has 0 radical (unpaired) electrons. The van der Waals surface area contributed by atoms with Crippen LogP contribution in [0.4, 0.5) is 0 Å². The third-order valence-corrected chi connectivity index (χ3v) is 5.85. The lowest BCUT2D eigenvalue weighted by molar-refractivity contribution is 0.0916. The van der Waals surface area contributed by atoms with Gasteiger partial charge in [0.2, 0.25) is 0 Å². The van der Waals surface area contributed by atoms with Crippen LogP contribution in [0.2, 0.25) is 5.02 Å². The van der Waals surface area contributed by atoms with Gasteiger partial charge in [0.05, 0.1) is 30.0 Å². The van der Waals surface area contributed by atoms with E-state index in [4.69, 9.17) is 21.3 Å². The molecule has 1 aromatic heterocycles. The number of carbonyl (C=O) groups excluding carboxylic acids is 1. The lowest BCUT2D eigenvalue weighted by Gasteiger charge is -2.17. The van der Waals surface area contributed by atoms with E-state index in [0.29, 0.717) is 29.4 Å². The zero-order valence-electron chi connectivity index (χ0n) is 20.6. The van der Waals surface area contributed by atoms with Gasteiger partial charge in [-0.1, -0.05) is 63.6 Å². The topological polar surface area (TPSA) is 76.4 Å². The Hall–Kier alpha value is -2.83. The van der Waals surface area contributed by atoms with E-state index in [2.05, 4.69) is 32.3 Å². The quantitative estimate of drug-likeness (QED) is 0.440. The summed E-state index contributed by atoms with van der Waals surface area (Å²) in [5.74, 6) is 1.18. The highest BCUT2D eigenvalue weighted by Gasteiger charge is 2.20. The van der Waals surface area contributed by atoms with E-state index >= 15 is 0 Å². The fraction of sp³-hybridized carbons (Fsp3) is 0.407. The van der Waals surface area contributed by atoms with Crippen LogP contribution in [0.5, 0.6) is 5.75 Å². The van der Waals surface area contributed by atoms with Crippen molar-refractivity contribution in [3.8, 4) is 17.1 Å². The molecule has 0 spiro atoms. The van der Waals surface area contributed by atoms with Gasteiger partial charge >= 0.3 is 0 Å². The van der Waals surface area contributed by atoms with Crippen molar-refractivity contribution in [1.29, 1.82) is 0 Å². The van der Waals surface area contributed by atoms with Crippen molar-refractivity contribution in [2.45, 2.75) is 52.0 Å². The Kier molecular flexibility index (Phi) is 8.39. The van der Waals surface area contributed by atoms with E-state index in [1.54, 1.807) is 18.2 Å². The average molecular weight is 484 g/mol. The highest BCUT2D eigenvalue weighted by Crippen LogP contribution is 2.27. The molecule has 3 aromatic rings. The Morgan fingerprint density at radius 3 is 2.47 bits per heavy atom. The Bertz CT molecular complexity index is 1120. The molecule has 1 amide bonds. The maximum atomic E-state index is 12.7. The third-order valence-electron chi connectivity index (χ3n) is 5.55. The van der Waals surface area contributed by atoms with E-state index in [9.17, 15) is 9.90 Å². The molecule has 2 N–H and O–H groups in total. The number of aliphatic hydroxyl groups is 1. The molecule has 0 saturated heterocycles. The molecule has 6 nitrogen and oxygen atoms in total. The molecule has 1 heterocycles. The number of hydrogen-bond acceptors (Lipinski definition) is 4. The summed E-state index contributed by atoms with van der Waals surface area (Å²) in [6.45, 7) is 8.84. The van der Waals surface area contributed by atoms with Crippen LogP contribution in [-0.2, 0) is 18.9 Å². The minimum Gasteiger partial charge on any atom is -0.492 e. The lowest BCUT2D eigenvalue weighted by Crippen LogP contribution is -2.39. The molecule has 0 saturated carbocycles. The van der Waals surface area contributed by atoms with E-state index in [1.165, 1.54) is 0 Å². The van der Waals surface area contributed by atoms with Gasteiger partial charge in [0.25, 0.3) is 5.91 Å². The number of aliphatic hydroxyl groups excluding tert-OH is 1. The van der Waals surface area contributed by atoms with Gasteiger partial charge in [0.15, 0.2) is 0 Å². The molecule has 0 aliphatic carbocycles. The second kappa shape index (κ2) is 11.1. The standard InChI is InChI=1S/C27H34ClN3O3/c1-6-13-34-23-12-11-20(15-22(23)28)26(33)29-21(17-32)14-18-7-9-19(10-8-18)25-30-24(16-31(25)5)27(2,3)4/h7-12,15-16,21,32H,6,13-14,17H2,1-5H3,(H,29,33)/t21-/m0/s1. The van der Waals surface area contributed by atoms with Crippen LogP contribution >= 0.6 is 11.6 Å². The summed E-state index contributed by atoms with van der Waals surface area (Å²) >= 11 is 6.25. The number of halogens is 1. The number of aromatic nitrogens is 2. The first kappa shape index (κ1) is 25.8. The molecular formula is C27H34ClN3O3. The maximum absolute atomic E-state index is 12.7. The van der Waals surface area contributed by atoms with Crippen LogP contribution in [0.3, 0.4) is 0 Å². The van der Waals surface area contributed by atoms with Gasteiger partial charge in [-0.3, -0.25) is 4.79 Å². The van der Waals surface area contributed by atoms with Crippen molar-refractivity contribution in [1.82, 2.24) is 14.9 Å². The van der Waals surface area contributed by atoms with Crippen LogP contribution in [0.1, 0.15) is 55.7 Å². The van der Waals surface area contributed by atoms with Gasteiger partial charge in [-0.2, -0.15) is 0 Å². The first-order valence-corrected chi connectivity index (χ1v) is 12.0. The Balaban J connectivity index is 1.66. The average Bonchev–Trinajstić information content (AvgIpc) is 3.20. The first-order valence-electron chi connectivity index (χ1n) is 11.6. The Morgan fingerprint density at radius 1 is 1.21 bits per heavy atom. The van der Waals surface area contributed by atoms with Gasteiger partial charge in [0, 0.05) is 29.8 Å². The molecule has 7 heteroatoms. The molecule has 3 rings (SSSR count). The van der Waals surface area contributed by atoms with Crippen molar-refractivity contribution in [3.05, 3.63) is 70.5 Å².